The van der Waals surface area contributed by atoms with E-state index < -0.39 is 29.5 Å². The van der Waals surface area contributed by atoms with Crippen LogP contribution in [0.3, 0.4) is 0 Å². The predicted molar refractivity (Wildman–Crippen MR) is 191 cm³/mol. The highest BCUT2D eigenvalue weighted by Crippen LogP contribution is 2.37. The third-order valence-electron chi connectivity index (χ3n) is 7.03. The molecule has 0 aliphatic carbocycles. The summed E-state index contributed by atoms with van der Waals surface area (Å²) in [5.74, 6) is -1.39. The van der Waals surface area contributed by atoms with Crippen molar-refractivity contribution in [2.45, 2.75) is 34.3 Å². The summed E-state index contributed by atoms with van der Waals surface area (Å²) in [7, 11) is 0. The largest absolute Gasteiger partial charge is 0.480 e. The second-order valence-electron chi connectivity index (χ2n) is 10.4. The van der Waals surface area contributed by atoms with Gasteiger partial charge in [-0.1, -0.05) is 54.1 Å². The topological polar surface area (TPSA) is 112 Å². The minimum absolute atomic E-state index is 0. The van der Waals surface area contributed by atoms with Crippen molar-refractivity contribution < 1.29 is 32.7 Å². The number of amides is 2. The van der Waals surface area contributed by atoms with E-state index in [-0.39, 0.29) is 41.3 Å². The van der Waals surface area contributed by atoms with Crippen molar-refractivity contribution in [3.8, 4) is 0 Å². The van der Waals surface area contributed by atoms with Crippen LogP contribution in [0.4, 0.5) is 29.3 Å². The van der Waals surface area contributed by atoms with Crippen molar-refractivity contribution in [2.24, 2.45) is 0 Å². The second kappa shape index (κ2) is 17.0. The molecule has 5 rings (SSSR count). The Morgan fingerprint density at radius 3 is 2.18 bits per heavy atom. The van der Waals surface area contributed by atoms with Gasteiger partial charge < -0.3 is 15.7 Å². The normalized spacial score (nSPS) is 11.8. The fraction of sp³-hybridized carbons (Fsp3) is 0.147. The molecule has 0 fully saturated rings. The van der Waals surface area contributed by atoms with Gasteiger partial charge >= 0.3 is 17.5 Å². The highest BCUT2D eigenvalue weighted by Gasteiger charge is 2.30. The van der Waals surface area contributed by atoms with Crippen LogP contribution in [0.2, 0.25) is 5.02 Å². The van der Waals surface area contributed by atoms with Gasteiger partial charge in [-0.2, -0.15) is 13.2 Å². The van der Waals surface area contributed by atoms with Gasteiger partial charge in [0.15, 0.2) is 6.04 Å². The summed E-state index contributed by atoms with van der Waals surface area (Å²) < 4.78 is 38.8. The molecule has 4 aromatic carbocycles. The Labute approximate surface area is 299 Å². The molecule has 49 heavy (non-hydrogen) atoms. The number of carbonyl (C=O) groups excluding carboxylic acids is 2. The molecular formula is C34H29Cl2F3N4O4S2. The first-order valence-corrected chi connectivity index (χ1v) is 16.6. The quantitative estimate of drug-likeness (QED) is 0.0744. The van der Waals surface area contributed by atoms with Crippen molar-refractivity contribution in [1.29, 1.82) is 0 Å². The molecule has 256 valence electrons. The van der Waals surface area contributed by atoms with E-state index in [1.54, 1.807) is 42.5 Å². The molecule has 0 radical (unpaired) electrons. The number of carboxylic acid groups (broad SMARTS) is 1. The number of alkyl halides is 3. The molecule has 1 aromatic heterocycles. The van der Waals surface area contributed by atoms with E-state index in [0.717, 1.165) is 16.0 Å². The zero-order valence-corrected chi connectivity index (χ0v) is 28.6. The predicted octanol–water partition coefficient (Wildman–Crippen LogP) is 9.19. The van der Waals surface area contributed by atoms with Crippen LogP contribution in [0.5, 0.6) is 0 Å². The molecule has 2 amide bonds. The monoisotopic (exact) mass is 748 g/mol. The lowest BCUT2D eigenvalue weighted by Gasteiger charge is -2.14. The summed E-state index contributed by atoms with van der Waals surface area (Å²) in [6.45, 7) is 0.154. The van der Waals surface area contributed by atoms with Crippen molar-refractivity contribution in [3.05, 3.63) is 119 Å². The molecule has 0 spiro atoms. The van der Waals surface area contributed by atoms with Gasteiger partial charge in [-0.15, -0.1) is 24.2 Å². The lowest BCUT2D eigenvalue weighted by molar-refractivity contribution is -0.138. The van der Waals surface area contributed by atoms with Gasteiger partial charge in [-0.3, -0.25) is 14.7 Å². The average molecular weight is 750 g/mol. The van der Waals surface area contributed by atoms with E-state index >= 15 is 0 Å². The number of hydrogen-bond acceptors (Lipinski definition) is 6. The Balaban J connectivity index is 0.00000541. The minimum atomic E-state index is -4.32. The van der Waals surface area contributed by atoms with E-state index in [1.807, 2.05) is 42.5 Å². The second-order valence-corrected chi connectivity index (χ2v) is 13.2. The zero-order chi connectivity index (χ0) is 34.3. The van der Waals surface area contributed by atoms with E-state index in [0.29, 0.717) is 33.8 Å². The first-order valence-electron chi connectivity index (χ1n) is 14.5. The van der Waals surface area contributed by atoms with Crippen molar-refractivity contribution in [3.63, 3.8) is 0 Å². The Kier molecular flexibility index (Phi) is 13.1. The number of nitrogens with one attached hydrogen (secondary N) is 3. The number of aliphatic carboxylic acids is 1. The van der Waals surface area contributed by atoms with E-state index in [2.05, 4.69) is 16.0 Å². The van der Waals surface area contributed by atoms with Crippen LogP contribution in [0.1, 0.15) is 15.9 Å². The number of halogens is 5. The van der Waals surface area contributed by atoms with Crippen LogP contribution in [-0.2, 0) is 17.8 Å². The lowest BCUT2D eigenvalue weighted by Crippen LogP contribution is -2.45. The lowest BCUT2D eigenvalue weighted by atomic mass is 10.1. The molecule has 1 atom stereocenters. The SMILES string of the molecule is Cl.O=C(Nc1ccc(CCSc2ccc(SC(F)(F)F)cc2)cc1)Nc1cn(C(=O)C(NCc2ccccc2)C(=O)O)c2ccc(Cl)cc12. The maximum atomic E-state index is 13.5. The van der Waals surface area contributed by atoms with Crippen LogP contribution in [0, 0.1) is 0 Å². The summed E-state index contributed by atoms with van der Waals surface area (Å²) in [6.07, 6.45) is 2.06. The highest BCUT2D eigenvalue weighted by atomic mass is 35.5. The minimum Gasteiger partial charge on any atom is -0.480 e. The zero-order valence-electron chi connectivity index (χ0n) is 25.4. The third-order valence-corrected chi connectivity index (χ3v) is 9.02. The maximum absolute atomic E-state index is 13.5. The van der Waals surface area contributed by atoms with Gasteiger partial charge in [-0.05, 0) is 83.9 Å². The number of hydrogen-bond donors (Lipinski definition) is 4. The molecule has 8 nitrogen and oxygen atoms in total. The standard InChI is InChI=1S/C34H28ClF3N4O4S2.ClH/c35-23-8-15-29-27(18-23)28(20-42(29)31(43)30(32(44)45)39-19-22-4-2-1-3-5-22)41-33(46)40-24-9-6-21(7-10-24)16-17-47-25-11-13-26(14-12-25)48-34(36,37)38;/h1-15,18,20,30,39H,16-17,19H2,(H,44,45)(H2,40,41,46);1H. The van der Waals surface area contributed by atoms with Crippen LogP contribution < -0.4 is 16.0 Å². The number of thioether (sulfide) groups is 2. The molecule has 0 aliphatic rings. The van der Waals surface area contributed by atoms with Gasteiger partial charge in [0.05, 0.1) is 11.2 Å². The van der Waals surface area contributed by atoms with E-state index in [1.165, 1.54) is 34.7 Å². The molecule has 0 bridgehead atoms. The Morgan fingerprint density at radius 1 is 0.857 bits per heavy atom. The van der Waals surface area contributed by atoms with Gasteiger partial charge in [0.25, 0.3) is 5.91 Å². The summed E-state index contributed by atoms with van der Waals surface area (Å²) in [5.41, 5.74) is -1.38. The summed E-state index contributed by atoms with van der Waals surface area (Å²) in [5, 5.41) is 18.9. The van der Waals surface area contributed by atoms with Crippen molar-refractivity contribution in [2.75, 3.05) is 16.4 Å². The summed E-state index contributed by atoms with van der Waals surface area (Å²) in [6, 6.07) is 25.1. The molecule has 4 N–H and O–H groups in total. The number of carbonyl (C=O) groups is 3. The summed E-state index contributed by atoms with van der Waals surface area (Å²) >= 11 is 7.60. The number of fused-ring (bicyclic) bond motifs is 1. The number of nitrogens with zero attached hydrogens (tertiary/aromatic N) is 1. The van der Waals surface area contributed by atoms with E-state index in [4.69, 9.17) is 11.6 Å². The fourth-order valence-electron chi connectivity index (χ4n) is 4.78. The fourth-order valence-corrected chi connectivity index (χ4v) is 6.40. The van der Waals surface area contributed by atoms with Gasteiger partial charge in [0.1, 0.15) is 0 Å². The summed E-state index contributed by atoms with van der Waals surface area (Å²) in [4.78, 5) is 39.5. The van der Waals surface area contributed by atoms with Crippen LogP contribution in [-0.4, -0.2) is 44.9 Å². The van der Waals surface area contributed by atoms with Crippen LogP contribution in [0.15, 0.2) is 113 Å². The average Bonchev–Trinajstić information content (AvgIpc) is 3.39. The number of urea groups is 1. The number of aryl methyl sites for hydroxylation is 1. The first kappa shape index (κ1) is 37.7. The van der Waals surface area contributed by atoms with Gasteiger partial charge in [-0.25, -0.2) is 9.59 Å². The molecule has 0 aliphatic heterocycles. The van der Waals surface area contributed by atoms with Crippen molar-refractivity contribution >= 4 is 87.7 Å². The number of benzene rings is 4. The number of anilines is 2. The smallest absolute Gasteiger partial charge is 0.446 e. The molecule has 1 unspecified atom stereocenters. The third kappa shape index (κ3) is 10.7. The number of aromatic nitrogens is 1. The van der Waals surface area contributed by atoms with Gasteiger partial charge in [0, 0.05) is 44.4 Å². The van der Waals surface area contributed by atoms with Crippen LogP contribution >= 0.6 is 47.5 Å². The van der Waals surface area contributed by atoms with Crippen LogP contribution in [0.25, 0.3) is 10.9 Å². The van der Waals surface area contributed by atoms with Gasteiger partial charge in [0.2, 0.25) is 0 Å². The van der Waals surface area contributed by atoms with Crippen molar-refractivity contribution in [1.82, 2.24) is 9.88 Å². The first-order chi connectivity index (χ1) is 22.9. The Morgan fingerprint density at radius 2 is 1.53 bits per heavy atom. The molecule has 0 saturated heterocycles. The maximum Gasteiger partial charge on any atom is 0.446 e. The Bertz CT molecular complexity index is 1910. The number of carboxylic acids is 1. The highest BCUT2D eigenvalue weighted by molar-refractivity contribution is 8.00. The Hall–Kier alpha value is -4.14. The van der Waals surface area contributed by atoms with E-state index in [9.17, 15) is 32.7 Å². The number of rotatable bonds is 12. The molecular weight excluding hydrogens is 720 g/mol. The molecule has 15 heteroatoms. The molecule has 1 heterocycles. The molecule has 5 aromatic rings. The molecule has 0 saturated carbocycles.